The molecule has 1 N–H and O–H groups in total. The Bertz CT molecular complexity index is 708. The van der Waals surface area contributed by atoms with Gasteiger partial charge < -0.3 is 9.84 Å². The molecule has 3 rings (SSSR count). The maximum Gasteiger partial charge on any atom is 0.156 e. The number of aliphatic hydroxyl groups excluding tert-OH is 1. The van der Waals surface area contributed by atoms with Crippen molar-refractivity contribution in [3.05, 3.63) is 42.5 Å². The predicted octanol–water partition coefficient (Wildman–Crippen LogP) is 1.38. The monoisotopic (exact) mass is 278 g/mol. The molecule has 1 fully saturated rings. The van der Waals surface area contributed by atoms with E-state index in [2.05, 4.69) is 0 Å². The first kappa shape index (κ1) is 12.4. The van der Waals surface area contributed by atoms with Crippen LogP contribution in [0.2, 0.25) is 0 Å². The number of rotatable bonds is 2. The average molecular weight is 278 g/mol. The van der Waals surface area contributed by atoms with Gasteiger partial charge in [0.25, 0.3) is 0 Å². The molecule has 0 spiro atoms. The summed E-state index contributed by atoms with van der Waals surface area (Å²) in [4.78, 5) is 0. The highest BCUT2D eigenvalue weighted by Crippen LogP contribution is 2.24. The first-order chi connectivity index (χ1) is 9.03. The van der Waals surface area contributed by atoms with Gasteiger partial charge >= 0.3 is 0 Å². The van der Waals surface area contributed by atoms with E-state index < -0.39 is 22.0 Å². The SMILES string of the molecule is O=S1(=O)CC(O)C(Oc2ccc3ccccc3c2)C1. The maximum absolute atomic E-state index is 11.4. The van der Waals surface area contributed by atoms with Gasteiger partial charge in [0.05, 0.1) is 11.5 Å². The molecule has 1 heterocycles. The Morgan fingerprint density at radius 1 is 1.05 bits per heavy atom. The lowest BCUT2D eigenvalue weighted by molar-refractivity contribution is 0.0739. The summed E-state index contributed by atoms with van der Waals surface area (Å²) in [6.07, 6.45) is -1.62. The highest BCUT2D eigenvalue weighted by atomic mass is 32.2. The topological polar surface area (TPSA) is 63.6 Å². The number of aliphatic hydroxyl groups is 1. The van der Waals surface area contributed by atoms with E-state index in [1.807, 2.05) is 36.4 Å². The van der Waals surface area contributed by atoms with Gasteiger partial charge in [0, 0.05) is 0 Å². The molecule has 2 unspecified atom stereocenters. The van der Waals surface area contributed by atoms with E-state index in [1.54, 1.807) is 6.07 Å². The first-order valence-corrected chi connectivity index (χ1v) is 7.90. The lowest BCUT2D eigenvalue weighted by Crippen LogP contribution is -2.29. The quantitative estimate of drug-likeness (QED) is 0.901. The Labute approximate surface area is 111 Å². The highest BCUT2D eigenvalue weighted by molar-refractivity contribution is 7.91. The van der Waals surface area contributed by atoms with Gasteiger partial charge in [0.1, 0.15) is 18.0 Å². The zero-order chi connectivity index (χ0) is 13.5. The van der Waals surface area contributed by atoms with Crippen molar-refractivity contribution in [1.29, 1.82) is 0 Å². The lowest BCUT2D eigenvalue weighted by Gasteiger charge is -2.16. The van der Waals surface area contributed by atoms with Crippen molar-refractivity contribution >= 4 is 20.6 Å². The summed E-state index contributed by atoms with van der Waals surface area (Å²) < 4.78 is 28.4. The second-order valence-electron chi connectivity index (χ2n) is 4.81. The van der Waals surface area contributed by atoms with Crippen molar-refractivity contribution in [3.63, 3.8) is 0 Å². The average Bonchev–Trinajstić information content (AvgIpc) is 2.62. The molecular formula is C14H14O4S. The summed E-state index contributed by atoms with van der Waals surface area (Å²) in [5.41, 5.74) is 0. The largest absolute Gasteiger partial charge is 0.487 e. The van der Waals surface area contributed by atoms with Crippen LogP contribution in [0.3, 0.4) is 0 Å². The Morgan fingerprint density at radius 2 is 1.79 bits per heavy atom. The van der Waals surface area contributed by atoms with Crippen molar-refractivity contribution in [2.45, 2.75) is 12.2 Å². The maximum atomic E-state index is 11.4. The molecule has 0 bridgehead atoms. The van der Waals surface area contributed by atoms with Gasteiger partial charge in [0.2, 0.25) is 0 Å². The van der Waals surface area contributed by atoms with Gasteiger partial charge in [-0.05, 0) is 22.9 Å². The van der Waals surface area contributed by atoms with E-state index >= 15 is 0 Å². The summed E-state index contributed by atoms with van der Waals surface area (Å²) in [6, 6.07) is 13.4. The van der Waals surface area contributed by atoms with Gasteiger partial charge in [-0.25, -0.2) is 8.42 Å². The molecule has 2 aromatic carbocycles. The third-order valence-corrected chi connectivity index (χ3v) is 4.97. The second kappa shape index (κ2) is 4.51. The molecular weight excluding hydrogens is 264 g/mol. The van der Waals surface area contributed by atoms with Crippen LogP contribution in [-0.2, 0) is 9.84 Å². The Kier molecular flexibility index (Phi) is 2.95. The molecule has 1 saturated heterocycles. The van der Waals surface area contributed by atoms with Crippen LogP contribution in [0.4, 0.5) is 0 Å². The van der Waals surface area contributed by atoms with Crippen LogP contribution < -0.4 is 4.74 Å². The zero-order valence-corrected chi connectivity index (χ0v) is 11.0. The molecule has 2 aromatic rings. The molecule has 0 aromatic heterocycles. The molecule has 2 atom stereocenters. The highest BCUT2D eigenvalue weighted by Gasteiger charge is 2.38. The van der Waals surface area contributed by atoms with E-state index in [9.17, 15) is 13.5 Å². The second-order valence-corrected chi connectivity index (χ2v) is 6.96. The van der Waals surface area contributed by atoms with Crippen molar-refractivity contribution in [1.82, 2.24) is 0 Å². The Morgan fingerprint density at radius 3 is 2.47 bits per heavy atom. The summed E-state index contributed by atoms with van der Waals surface area (Å²) in [6.45, 7) is 0. The van der Waals surface area contributed by atoms with E-state index in [4.69, 9.17) is 4.74 Å². The summed E-state index contributed by atoms with van der Waals surface area (Å²) in [5, 5.41) is 11.8. The summed E-state index contributed by atoms with van der Waals surface area (Å²) in [7, 11) is -3.18. The molecule has 100 valence electrons. The van der Waals surface area contributed by atoms with Crippen molar-refractivity contribution in [2.75, 3.05) is 11.5 Å². The molecule has 19 heavy (non-hydrogen) atoms. The molecule has 5 heteroatoms. The fourth-order valence-electron chi connectivity index (χ4n) is 2.32. The van der Waals surface area contributed by atoms with Crippen LogP contribution in [0.1, 0.15) is 0 Å². The number of benzene rings is 2. The number of hydrogen-bond acceptors (Lipinski definition) is 4. The third kappa shape index (κ3) is 2.57. The first-order valence-electron chi connectivity index (χ1n) is 6.07. The lowest BCUT2D eigenvalue weighted by atomic mass is 10.1. The number of ether oxygens (including phenoxy) is 1. The van der Waals surface area contributed by atoms with Crippen molar-refractivity contribution < 1.29 is 18.3 Å². The van der Waals surface area contributed by atoms with E-state index in [1.165, 1.54) is 0 Å². The number of fused-ring (bicyclic) bond motifs is 1. The molecule has 0 aliphatic carbocycles. The van der Waals surface area contributed by atoms with Crippen LogP contribution in [0.5, 0.6) is 5.75 Å². The standard InChI is InChI=1S/C14H14O4S/c15-13-8-19(16,17)9-14(13)18-12-6-5-10-3-1-2-4-11(10)7-12/h1-7,13-15H,8-9H2. The fraction of sp³-hybridized carbons (Fsp3) is 0.286. The third-order valence-electron chi connectivity index (χ3n) is 3.28. The minimum atomic E-state index is -3.18. The van der Waals surface area contributed by atoms with Gasteiger partial charge in [-0.1, -0.05) is 30.3 Å². The van der Waals surface area contributed by atoms with Crippen LogP contribution in [-0.4, -0.2) is 37.2 Å². The number of sulfone groups is 1. The van der Waals surface area contributed by atoms with Gasteiger partial charge in [0.15, 0.2) is 9.84 Å². The number of hydrogen-bond donors (Lipinski definition) is 1. The van der Waals surface area contributed by atoms with Crippen LogP contribution >= 0.6 is 0 Å². The molecule has 1 aliphatic rings. The molecule has 0 amide bonds. The molecule has 4 nitrogen and oxygen atoms in total. The smallest absolute Gasteiger partial charge is 0.156 e. The van der Waals surface area contributed by atoms with E-state index in [0.717, 1.165) is 10.8 Å². The van der Waals surface area contributed by atoms with E-state index in [0.29, 0.717) is 5.75 Å². The van der Waals surface area contributed by atoms with Gasteiger partial charge in [-0.3, -0.25) is 0 Å². The van der Waals surface area contributed by atoms with Gasteiger partial charge in [-0.2, -0.15) is 0 Å². The summed E-state index contributed by atoms with van der Waals surface area (Å²) in [5.74, 6) is 0.242. The van der Waals surface area contributed by atoms with Crippen molar-refractivity contribution in [2.24, 2.45) is 0 Å². The molecule has 0 radical (unpaired) electrons. The fourth-order valence-corrected chi connectivity index (χ4v) is 3.99. The molecule has 0 saturated carbocycles. The molecule has 1 aliphatic heterocycles. The Hall–Kier alpha value is -1.59. The Balaban J connectivity index is 1.86. The van der Waals surface area contributed by atoms with Crippen LogP contribution in [0, 0.1) is 0 Å². The van der Waals surface area contributed by atoms with E-state index in [-0.39, 0.29) is 11.5 Å². The summed E-state index contributed by atoms with van der Waals surface area (Å²) >= 11 is 0. The normalized spacial score (nSPS) is 25.5. The van der Waals surface area contributed by atoms with Gasteiger partial charge in [-0.15, -0.1) is 0 Å². The minimum absolute atomic E-state index is 0.124. The van der Waals surface area contributed by atoms with Crippen LogP contribution in [0.15, 0.2) is 42.5 Å². The zero-order valence-electron chi connectivity index (χ0n) is 10.2. The minimum Gasteiger partial charge on any atom is -0.487 e. The predicted molar refractivity (Wildman–Crippen MR) is 73.0 cm³/mol. The van der Waals surface area contributed by atoms with Crippen molar-refractivity contribution in [3.8, 4) is 5.75 Å². The van der Waals surface area contributed by atoms with Crippen LogP contribution in [0.25, 0.3) is 10.8 Å².